The fourth-order valence-electron chi connectivity index (χ4n) is 2.45. The molecule has 6 heteroatoms. The van der Waals surface area contributed by atoms with Crippen LogP contribution in [0.3, 0.4) is 0 Å². The lowest BCUT2D eigenvalue weighted by molar-refractivity contribution is 1.05. The molecule has 0 bridgehead atoms. The van der Waals surface area contributed by atoms with Crippen molar-refractivity contribution in [1.82, 2.24) is 25.1 Å². The fraction of sp³-hybridized carbons (Fsp3) is 0.0625. The van der Waals surface area contributed by atoms with Gasteiger partial charge in [-0.05, 0) is 29.8 Å². The normalized spacial score (nSPS) is 10.9. The summed E-state index contributed by atoms with van der Waals surface area (Å²) in [6.07, 6.45) is 5.43. The van der Waals surface area contributed by atoms with Gasteiger partial charge in [0, 0.05) is 41.6 Å². The Labute approximate surface area is 126 Å². The standard InChI is InChI=1S/C16H14N6/c1-3-11(13-6-8-18-14(13)5-1)10-19-16-20-15(21-22-16)12-4-2-7-17-9-12/h1-9,18H,10H2,(H2,19,20,21,22). The zero-order chi connectivity index (χ0) is 14.8. The molecule has 0 fully saturated rings. The first kappa shape index (κ1) is 12.6. The average molecular weight is 290 g/mol. The highest BCUT2D eigenvalue weighted by Gasteiger charge is 2.06. The SMILES string of the molecule is c1cncc(-c2nc(NCc3cccc4[nH]ccc34)n[nH]2)c1. The van der Waals surface area contributed by atoms with E-state index >= 15 is 0 Å². The molecule has 0 amide bonds. The molecule has 0 saturated carbocycles. The first-order valence-electron chi connectivity index (χ1n) is 7.02. The van der Waals surface area contributed by atoms with Crippen LogP contribution in [0.15, 0.2) is 55.0 Å². The smallest absolute Gasteiger partial charge is 0.242 e. The summed E-state index contributed by atoms with van der Waals surface area (Å²) < 4.78 is 0. The van der Waals surface area contributed by atoms with Crippen LogP contribution in [0.1, 0.15) is 5.56 Å². The molecule has 0 unspecified atom stereocenters. The first-order valence-corrected chi connectivity index (χ1v) is 7.02. The molecule has 0 aliphatic heterocycles. The number of hydrogen-bond acceptors (Lipinski definition) is 4. The van der Waals surface area contributed by atoms with Gasteiger partial charge in [-0.25, -0.2) is 0 Å². The predicted octanol–water partition coefficient (Wildman–Crippen LogP) is 2.96. The van der Waals surface area contributed by atoms with Gasteiger partial charge < -0.3 is 10.3 Å². The van der Waals surface area contributed by atoms with Crippen LogP contribution in [-0.2, 0) is 6.54 Å². The quantitative estimate of drug-likeness (QED) is 0.539. The van der Waals surface area contributed by atoms with E-state index in [0.29, 0.717) is 18.3 Å². The monoisotopic (exact) mass is 290 g/mol. The molecular weight excluding hydrogens is 276 g/mol. The second-order valence-corrected chi connectivity index (χ2v) is 4.96. The van der Waals surface area contributed by atoms with Gasteiger partial charge >= 0.3 is 0 Å². The van der Waals surface area contributed by atoms with Crippen LogP contribution in [0.5, 0.6) is 0 Å². The summed E-state index contributed by atoms with van der Waals surface area (Å²) in [5.41, 5.74) is 3.24. The highest BCUT2D eigenvalue weighted by atomic mass is 15.3. The van der Waals surface area contributed by atoms with Crippen molar-refractivity contribution in [1.29, 1.82) is 0 Å². The summed E-state index contributed by atoms with van der Waals surface area (Å²) in [5.74, 6) is 1.28. The zero-order valence-corrected chi connectivity index (χ0v) is 11.7. The maximum Gasteiger partial charge on any atom is 0.242 e. The fourth-order valence-corrected chi connectivity index (χ4v) is 2.45. The highest BCUT2D eigenvalue weighted by molar-refractivity contribution is 5.83. The van der Waals surface area contributed by atoms with Crippen molar-refractivity contribution in [2.24, 2.45) is 0 Å². The number of rotatable bonds is 4. The highest BCUT2D eigenvalue weighted by Crippen LogP contribution is 2.19. The van der Waals surface area contributed by atoms with Crippen LogP contribution in [-0.4, -0.2) is 25.1 Å². The molecule has 0 spiro atoms. The molecule has 6 nitrogen and oxygen atoms in total. The number of fused-ring (bicyclic) bond motifs is 1. The van der Waals surface area contributed by atoms with E-state index in [9.17, 15) is 0 Å². The number of aromatic nitrogens is 5. The maximum atomic E-state index is 4.44. The summed E-state index contributed by atoms with van der Waals surface area (Å²) in [6, 6.07) is 12.1. The van der Waals surface area contributed by atoms with Crippen LogP contribution in [0.25, 0.3) is 22.3 Å². The van der Waals surface area contributed by atoms with E-state index in [-0.39, 0.29) is 0 Å². The number of nitrogens with one attached hydrogen (secondary N) is 3. The van der Waals surface area contributed by atoms with Crippen LogP contribution in [0, 0.1) is 0 Å². The van der Waals surface area contributed by atoms with E-state index in [4.69, 9.17) is 0 Å². The maximum absolute atomic E-state index is 4.44. The molecule has 3 N–H and O–H groups in total. The van der Waals surface area contributed by atoms with Gasteiger partial charge in [0.1, 0.15) is 0 Å². The molecule has 4 aromatic rings. The topological polar surface area (TPSA) is 82.3 Å². The van der Waals surface area contributed by atoms with Crippen molar-refractivity contribution >= 4 is 16.9 Å². The first-order chi connectivity index (χ1) is 10.9. The molecule has 1 aromatic carbocycles. The second kappa shape index (κ2) is 5.33. The Morgan fingerprint density at radius 3 is 3.00 bits per heavy atom. The van der Waals surface area contributed by atoms with Gasteiger partial charge in [0.2, 0.25) is 5.95 Å². The molecule has 108 valence electrons. The minimum absolute atomic E-state index is 0.575. The number of benzene rings is 1. The number of H-pyrrole nitrogens is 2. The number of anilines is 1. The zero-order valence-electron chi connectivity index (χ0n) is 11.7. The Bertz CT molecular complexity index is 893. The molecule has 0 atom stereocenters. The molecule has 4 rings (SSSR count). The Hall–Kier alpha value is -3.15. The summed E-state index contributed by atoms with van der Waals surface area (Å²) in [7, 11) is 0. The minimum Gasteiger partial charge on any atom is -0.361 e. The third kappa shape index (κ3) is 2.31. The third-order valence-corrected chi connectivity index (χ3v) is 3.54. The van der Waals surface area contributed by atoms with Gasteiger partial charge in [-0.2, -0.15) is 4.98 Å². The molecule has 3 aromatic heterocycles. The summed E-state index contributed by atoms with van der Waals surface area (Å²) >= 11 is 0. The molecule has 0 aliphatic rings. The van der Waals surface area contributed by atoms with Crippen LogP contribution in [0.4, 0.5) is 5.95 Å². The van der Waals surface area contributed by atoms with Crippen molar-refractivity contribution in [2.75, 3.05) is 5.32 Å². The number of hydrogen-bond donors (Lipinski definition) is 3. The Morgan fingerprint density at radius 2 is 2.09 bits per heavy atom. The number of aromatic amines is 2. The minimum atomic E-state index is 0.575. The summed E-state index contributed by atoms with van der Waals surface area (Å²) in [4.78, 5) is 11.7. The molecular formula is C16H14N6. The predicted molar refractivity (Wildman–Crippen MR) is 85.2 cm³/mol. The molecule has 3 heterocycles. The van der Waals surface area contributed by atoms with Gasteiger partial charge in [0.05, 0.1) is 0 Å². The third-order valence-electron chi connectivity index (χ3n) is 3.54. The summed E-state index contributed by atoms with van der Waals surface area (Å²) in [5, 5.41) is 11.6. The van der Waals surface area contributed by atoms with Gasteiger partial charge in [0.15, 0.2) is 5.82 Å². The van der Waals surface area contributed by atoms with Gasteiger partial charge in [0.25, 0.3) is 0 Å². The van der Waals surface area contributed by atoms with Gasteiger partial charge in [-0.15, -0.1) is 5.10 Å². The average Bonchev–Trinajstić information content (AvgIpc) is 3.23. The largest absolute Gasteiger partial charge is 0.361 e. The van der Waals surface area contributed by atoms with E-state index in [1.54, 1.807) is 12.4 Å². The Kier molecular flexibility index (Phi) is 3.05. The lowest BCUT2D eigenvalue weighted by Crippen LogP contribution is -2.01. The van der Waals surface area contributed by atoms with E-state index in [1.807, 2.05) is 24.4 Å². The van der Waals surface area contributed by atoms with Gasteiger partial charge in [-0.1, -0.05) is 12.1 Å². The van der Waals surface area contributed by atoms with E-state index in [0.717, 1.165) is 11.1 Å². The second-order valence-electron chi connectivity index (χ2n) is 4.96. The lowest BCUT2D eigenvalue weighted by Gasteiger charge is -2.03. The molecule has 0 radical (unpaired) electrons. The van der Waals surface area contributed by atoms with Crippen molar-refractivity contribution < 1.29 is 0 Å². The number of nitrogens with zero attached hydrogens (tertiary/aromatic N) is 3. The van der Waals surface area contributed by atoms with Crippen LogP contribution >= 0.6 is 0 Å². The summed E-state index contributed by atoms with van der Waals surface area (Å²) in [6.45, 7) is 0.666. The number of pyridine rings is 1. The van der Waals surface area contributed by atoms with Crippen LogP contribution < -0.4 is 5.32 Å². The van der Waals surface area contributed by atoms with E-state index in [2.05, 4.69) is 48.7 Å². The van der Waals surface area contributed by atoms with Crippen molar-refractivity contribution in [2.45, 2.75) is 6.54 Å². The van der Waals surface area contributed by atoms with Crippen molar-refractivity contribution in [3.63, 3.8) is 0 Å². The van der Waals surface area contributed by atoms with Crippen LogP contribution in [0.2, 0.25) is 0 Å². The Balaban J connectivity index is 1.53. The van der Waals surface area contributed by atoms with E-state index in [1.165, 1.54) is 10.9 Å². The Morgan fingerprint density at radius 1 is 1.09 bits per heavy atom. The molecule has 22 heavy (non-hydrogen) atoms. The van der Waals surface area contributed by atoms with E-state index < -0.39 is 0 Å². The van der Waals surface area contributed by atoms with Crippen molar-refractivity contribution in [3.8, 4) is 11.4 Å². The van der Waals surface area contributed by atoms with Gasteiger partial charge in [-0.3, -0.25) is 10.1 Å². The van der Waals surface area contributed by atoms with Crippen molar-refractivity contribution in [3.05, 3.63) is 60.6 Å². The molecule has 0 saturated heterocycles. The molecule has 0 aliphatic carbocycles. The lowest BCUT2D eigenvalue weighted by atomic mass is 10.1.